The molecule has 116 valence electrons. The van der Waals surface area contributed by atoms with Gasteiger partial charge in [-0.05, 0) is 38.5 Å². The molecule has 4 nitrogen and oxygen atoms in total. The Kier molecular flexibility index (Phi) is 3.79. The van der Waals surface area contributed by atoms with Gasteiger partial charge in [0.05, 0.1) is 17.6 Å². The molecule has 0 amide bonds. The minimum absolute atomic E-state index is 0.0187. The van der Waals surface area contributed by atoms with Crippen LogP contribution < -0.4 is 10.3 Å². The Bertz CT molecular complexity index is 768. The van der Waals surface area contributed by atoms with Crippen LogP contribution in [0.2, 0.25) is 0 Å². The first-order valence-corrected chi connectivity index (χ1v) is 7.59. The van der Waals surface area contributed by atoms with Crippen molar-refractivity contribution in [1.29, 1.82) is 0 Å². The van der Waals surface area contributed by atoms with E-state index in [0.29, 0.717) is 29.9 Å². The van der Waals surface area contributed by atoms with Crippen molar-refractivity contribution in [2.75, 3.05) is 18.0 Å². The highest BCUT2D eigenvalue weighted by Gasteiger charge is 2.24. The van der Waals surface area contributed by atoms with Gasteiger partial charge >= 0.3 is 0 Å². The van der Waals surface area contributed by atoms with Gasteiger partial charge in [-0.2, -0.15) is 0 Å². The van der Waals surface area contributed by atoms with E-state index in [1.165, 1.54) is 0 Å². The highest BCUT2D eigenvalue weighted by Crippen LogP contribution is 2.26. The molecular weight excluding hydrogens is 278 g/mol. The van der Waals surface area contributed by atoms with Gasteiger partial charge in [-0.25, -0.2) is 0 Å². The number of morpholine rings is 1. The first kappa shape index (κ1) is 14.9. The molecule has 0 spiro atoms. The molecule has 1 fully saturated rings. The van der Waals surface area contributed by atoms with E-state index in [2.05, 4.69) is 11.5 Å². The number of benzene rings is 1. The Balaban J connectivity index is 2.14. The third kappa shape index (κ3) is 2.66. The topological polar surface area (TPSA) is 42.7 Å². The number of ether oxygens (including phenoxy) is 1. The number of hydrogen-bond donors (Lipinski definition) is 0. The summed E-state index contributed by atoms with van der Waals surface area (Å²) in [6.45, 7) is 11.3. The lowest BCUT2D eigenvalue weighted by molar-refractivity contribution is -0.00638. The Hall–Kier alpha value is -2.07. The molecule has 22 heavy (non-hydrogen) atoms. The van der Waals surface area contributed by atoms with Crippen molar-refractivity contribution in [3.63, 3.8) is 0 Å². The normalized spacial score (nSPS) is 22.0. The van der Waals surface area contributed by atoms with Gasteiger partial charge in [0.2, 0.25) is 0 Å². The van der Waals surface area contributed by atoms with Crippen molar-refractivity contribution >= 4 is 22.9 Å². The summed E-state index contributed by atoms with van der Waals surface area (Å²) in [4.78, 5) is 14.5. The van der Waals surface area contributed by atoms with Crippen molar-refractivity contribution in [3.05, 3.63) is 46.1 Å². The van der Waals surface area contributed by atoms with Crippen LogP contribution in [0.15, 0.2) is 34.0 Å². The summed E-state index contributed by atoms with van der Waals surface area (Å²) >= 11 is 0. The molecule has 0 bridgehead atoms. The summed E-state index contributed by atoms with van der Waals surface area (Å²) in [6.07, 6.45) is 1.95. The van der Waals surface area contributed by atoms with Gasteiger partial charge in [-0.3, -0.25) is 4.79 Å². The zero-order chi connectivity index (χ0) is 15.9. The van der Waals surface area contributed by atoms with Gasteiger partial charge in [0.15, 0.2) is 11.3 Å². The number of anilines is 1. The SMILES string of the molecule is C=Cc1cc(C)cc2c(=O)cc(N3C[C@@H](C)O[C@@H](C)C3)oc12. The molecule has 1 aliphatic rings. The maximum Gasteiger partial charge on any atom is 0.200 e. The smallest absolute Gasteiger partial charge is 0.200 e. The molecule has 3 rings (SSSR count). The highest BCUT2D eigenvalue weighted by molar-refractivity contribution is 5.86. The zero-order valence-electron chi connectivity index (χ0n) is 13.3. The predicted molar refractivity (Wildman–Crippen MR) is 89.5 cm³/mol. The lowest BCUT2D eigenvalue weighted by Gasteiger charge is -2.35. The number of hydrogen-bond acceptors (Lipinski definition) is 4. The van der Waals surface area contributed by atoms with Crippen LogP contribution in [0.4, 0.5) is 5.88 Å². The molecule has 2 aromatic rings. The number of fused-ring (bicyclic) bond motifs is 1. The summed E-state index contributed by atoms with van der Waals surface area (Å²) in [5.41, 5.74) is 2.46. The molecule has 1 aliphatic heterocycles. The molecule has 4 heteroatoms. The molecule has 1 aromatic carbocycles. The lowest BCUT2D eigenvalue weighted by atomic mass is 10.1. The van der Waals surface area contributed by atoms with E-state index >= 15 is 0 Å². The largest absolute Gasteiger partial charge is 0.440 e. The molecule has 0 saturated carbocycles. The van der Waals surface area contributed by atoms with Gasteiger partial charge in [-0.1, -0.05) is 12.7 Å². The Morgan fingerprint density at radius 2 is 1.91 bits per heavy atom. The van der Waals surface area contributed by atoms with Crippen molar-refractivity contribution in [1.82, 2.24) is 0 Å². The van der Waals surface area contributed by atoms with Crippen LogP contribution in [0.3, 0.4) is 0 Å². The number of rotatable bonds is 2. The van der Waals surface area contributed by atoms with Crippen LogP contribution in [0, 0.1) is 6.92 Å². The van der Waals surface area contributed by atoms with Crippen molar-refractivity contribution < 1.29 is 9.15 Å². The average molecular weight is 299 g/mol. The summed E-state index contributed by atoms with van der Waals surface area (Å²) in [5, 5.41) is 0.605. The van der Waals surface area contributed by atoms with E-state index in [0.717, 1.165) is 11.1 Å². The highest BCUT2D eigenvalue weighted by atomic mass is 16.5. The summed E-state index contributed by atoms with van der Waals surface area (Å²) in [7, 11) is 0. The third-order valence-electron chi connectivity index (χ3n) is 3.94. The summed E-state index contributed by atoms with van der Waals surface area (Å²) in [6, 6.07) is 5.43. The maximum absolute atomic E-state index is 12.5. The first-order valence-electron chi connectivity index (χ1n) is 7.59. The number of nitrogens with zero attached hydrogens (tertiary/aromatic N) is 1. The van der Waals surface area contributed by atoms with Crippen LogP contribution in [-0.2, 0) is 4.74 Å². The van der Waals surface area contributed by atoms with Crippen LogP contribution in [0.5, 0.6) is 0 Å². The standard InChI is InChI=1S/C18H21NO3/c1-5-14-6-11(2)7-15-16(20)8-17(22-18(14)15)19-9-12(3)21-13(4)10-19/h5-8,12-13H,1,9-10H2,2-4H3/t12-,13+. The van der Waals surface area contributed by atoms with Crippen LogP contribution in [0.1, 0.15) is 25.0 Å². The monoisotopic (exact) mass is 299 g/mol. The van der Waals surface area contributed by atoms with Gasteiger partial charge < -0.3 is 14.1 Å². The first-order chi connectivity index (χ1) is 10.5. The average Bonchev–Trinajstić information content (AvgIpc) is 2.46. The summed E-state index contributed by atoms with van der Waals surface area (Å²) < 4.78 is 11.8. The Morgan fingerprint density at radius 3 is 2.55 bits per heavy atom. The predicted octanol–water partition coefficient (Wildman–Crippen LogP) is 3.36. The fraction of sp³-hybridized carbons (Fsp3) is 0.389. The van der Waals surface area contributed by atoms with Gasteiger partial charge in [0.1, 0.15) is 5.58 Å². The van der Waals surface area contributed by atoms with E-state index in [1.54, 1.807) is 12.1 Å². The zero-order valence-corrected chi connectivity index (χ0v) is 13.3. The fourth-order valence-electron chi connectivity index (χ4n) is 3.09. The van der Waals surface area contributed by atoms with Crippen molar-refractivity contribution in [2.24, 2.45) is 0 Å². The molecule has 1 saturated heterocycles. The van der Waals surface area contributed by atoms with Gasteiger partial charge in [0.25, 0.3) is 0 Å². The van der Waals surface area contributed by atoms with Crippen LogP contribution >= 0.6 is 0 Å². The second-order valence-electron chi connectivity index (χ2n) is 6.05. The van der Waals surface area contributed by atoms with Gasteiger partial charge in [-0.15, -0.1) is 0 Å². The second kappa shape index (κ2) is 5.61. The Morgan fingerprint density at radius 1 is 1.23 bits per heavy atom. The minimum Gasteiger partial charge on any atom is -0.440 e. The van der Waals surface area contributed by atoms with E-state index in [-0.39, 0.29) is 17.6 Å². The molecule has 1 aromatic heterocycles. The summed E-state index contributed by atoms with van der Waals surface area (Å²) in [5.74, 6) is 0.603. The van der Waals surface area contributed by atoms with E-state index < -0.39 is 0 Å². The second-order valence-corrected chi connectivity index (χ2v) is 6.05. The molecule has 0 unspecified atom stereocenters. The van der Waals surface area contributed by atoms with Crippen molar-refractivity contribution in [2.45, 2.75) is 33.0 Å². The molecule has 0 N–H and O–H groups in total. The molecule has 2 heterocycles. The van der Waals surface area contributed by atoms with E-state index in [4.69, 9.17) is 9.15 Å². The number of aryl methyl sites for hydroxylation is 1. The minimum atomic E-state index is -0.0187. The quantitative estimate of drug-likeness (QED) is 0.853. The molecule has 0 aliphatic carbocycles. The van der Waals surface area contributed by atoms with Crippen LogP contribution in [-0.4, -0.2) is 25.3 Å². The lowest BCUT2D eigenvalue weighted by Crippen LogP contribution is -2.45. The van der Waals surface area contributed by atoms with E-state index in [1.807, 2.05) is 32.9 Å². The van der Waals surface area contributed by atoms with E-state index in [9.17, 15) is 4.79 Å². The van der Waals surface area contributed by atoms with Crippen LogP contribution in [0.25, 0.3) is 17.0 Å². The molecule has 2 atom stereocenters. The maximum atomic E-state index is 12.5. The third-order valence-corrected chi connectivity index (χ3v) is 3.94. The van der Waals surface area contributed by atoms with Gasteiger partial charge in [0, 0.05) is 24.7 Å². The Labute approximate surface area is 130 Å². The molecular formula is C18H21NO3. The van der Waals surface area contributed by atoms with Crippen molar-refractivity contribution in [3.8, 4) is 0 Å². The molecule has 0 radical (unpaired) electrons. The fourth-order valence-corrected chi connectivity index (χ4v) is 3.09.